The van der Waals surface area contributed by atoms with Crippen molar-refractivity contribution in [2.75, 3.05) is 18.6 Å². The Morgan fingerprint density at radius 1 is 1.19 bits per heavy atom. The SMILES string of the molecule is COC(=O)c1ccc2c(c1)CCN2C(=O)C12CC3CC(CC(Br)(C3)C1)C2. The van der Waals surface area contributed by atoms with Crippen molar-refractivity contribution >= 4 is 33.5 Å². The summed E-state index contributed by atoms with van der Waals surface area (Å²) in [6, 6.07) is 5.60. The molecule has 0 saturated heterocycles. The van der Waals surface area contributed by atoms with Gasteiger partial charge in [0.15, 0.2) is 0 Å². The van der Waals surface area contributed by atoms with E-state index in [1.807, 2.05) is 17.0 Å². The number of carbonyl (C=O) groups is 2. The number of alkyl halides is 1. The van der Waals surface area contributed by atoms with Crippen LogP contribution in [0.2, 0.25) is 0 Å². The topological polar surface area (TPSA) is 46.6 Å². The van der Waals surface area contributed by atoms with Crippen molar-refractivity contribution in [2.24, 2.45) is 17.3 Å². The van der Waals surface area contributed by atoms with Crippen LogP contribution in [0.3, 0.4) is 0 Å². The Bertz CT molecular complexity index is 790. The fourth-order valence-electron chi connectivity index (χ4n) is 6.54. The van der Waals surface area contributed by atoms with Crippen molar-refractivity contribution in [1.82, 2.24) is 0 Å². The molecule has 1 aliphatic heterocycles. The van der Waals surface area contributed by atoms with Crippen LogP contribution in [0.15, 0.2) is 18.2 Å². The lowest BCUT2D eigenvalue weighted by atomic mass is 9.49. The summed E-state index contributed by atoms with van der Waals surface area (Å²) in [5.41, 5.74) is 2.45. The van der Waals surface area contributed by atoms with Gasteiger partial charge in [-0.1, -0.05) is 15.9 Å². The van der Waals surface area contributed by atoms with Crippen LogP contribution < -0.4 is 4.90 Å². The minimum absolute atomic E-state index is 0.184. The molecule has 138 valence electrons. The van der Waals surface area contributed by atoms with Crippen molar-refractivity contribution in [3.63, 3.8) is 0 Å². The Morgan fingerprint density at radius 3 is 2.58 bits per heavy atom. The van der Waals surface area contributed by atoms with Crippen LogP contribution in [-0.4, -0.2) is 29.9 Å². The zero-order valence-corrected chi connectivity index (χ0v) is 16.7. The maximum atomic E-state index is 13.7. The predicted molar refractivity (Wildman–Crippen MR) is 103 cm³/mol. The molecule has 4 fully saturated rings. The fraction of sp³-hybridized carbons (Fsp3) is 0.619. The Kier molecular flexibility index (Phi) is 3.60. The van der Waals surface area contributed by atoms with Gasteiger partial charge in [-0.25, -0.2) is 4.79 Å². The summed E-state index contributed by atoms with van der Waals surface area (Å²) < 4.78 is 5.01. The molecule has 0 N–H and O–H groups in total. The fourth-order valence-corrected chi connectivity index (χ4v) is 8.00. The number of fused-ring (bicyclic) bond motifs is 1. The van der Waals surface area contributed by atoms with E-state index in [1.165, 1.54) is 26.4 Å². The monoisotopic (exact) mass is 417 g/mol. The minimum atomic E-state index is -0.320. The van der Waals surface area contributed by atoms with Crippen LogP contribution in [0, 0.1) is 17.3 Å². The molecule has 1 amide bonds. The van der Waals surface area contributed by atoms with E-state index in [2.05, 4.69) is 15.9 Å². The van der Waals surface area contributed by atoms with Gasteiger partial charge in [-0.3, -0.25) is 4.79 Å². The first kappa shape index (κ1) is 16.8. The summed E-state index contributed by atoms with van der Waals surface area (Å²) in [6.07, 6.45) is 7.69. The lowest BCUT2D eigenvalue weighted by molar-refractivity contribution is -0.141. The number of halogens is 1. The second-order valence-electron chi connectivity index (χ2n) is 8.93. The second-order valence-corrected chi connectivity index (χ2v) is 10.6. The van der Waals surface area contributed by atoms with E-state index in [1.54, 1.807) is 6.07 Å². The number of amides is 1. The number of anilines is 1. The van der Waals surface area contributed by atoms with Crippen molar-refractivity contribution in [2.45, 2.75) is 49.3 Å². The van der Waals surface area contributed by atoms with Gasteiger partial charge in [0.2, 0.25) is 5.91 Å². The molecule has 1 heterocycles. The number of esters is 1. The molecule has 0 radical (unpaired) electrons. The van der Waals surface area contributed by atoms with Gasteiger partial charge in [0, 0.05) is 16.6 Å². The van der Waals surface area contributed by atoms with Gasteiger partial charge in [0.25, 0.3) is 0 Å². The van der Waals surface area contributed by atoms with Crippen molar-refractivity contribution < 1.29 is 14.3 Å². The van der Waals surface area contributed by atoms with Crippen LogP contribution >= 0.6 is 15.9 Å². The molecular weight excluding hydrogens is 394 g/mol. The van der Waals surface area contributed by atoms with E-state index in [0.717, 1.165) is 43.5 Å². The molecule has 2 unspecified atom stereocenters. The molecule has 0 spiro atoms. The molecule has 4 nitrogen and oxygen atoms in total. The van der Waals surface area contributed by atoms with Crippen LogP contribution in [0.5, 0.6) is 0 Å². The average molecular weight is 418 g/mol. The minimum Gasteiger partial charge on any atom is -0.465 e. The van der Waals surface area contributed by atoms with E-state index < -0.39 is 0 Å². The Hall–Kier alpha value is -1.36. The number of carbonyl (C=O) groups excluding carboxylic acids is 2. The highest BCUT2D eigenvalue weighted by molar-refractivity contribution is 9.10. The van der Waals surface area contributed by atoms with Crippen molar-refractivity contribution in [1.29, 1.82) is 0 Å². The van der Waals surface area contributed by atoms with Gasteiger partial charge >= 0.3 is 5.97 Å². The number of nitrogens with zero attached hydrogens (tertiary/aromatic N) is 1. The zero-order chi connectivity index (χ0) is 18.1. The Balaban J connectivity index is 1.46. The van der Waals surface area contributed by atoms with E-state index in [4.69, 9.17) is 4.74 Å². The third-order valence-corrected chi connectivity index (χ3v) is 8.01. The summed E-state index contributed by atoms with van der Waals surface area (Å²) in [5, 5.41) is 0. The molecule has 6 rings (SSSR count). The molecule has 4 bridgehead atoms. The molecule has 0 aromatic heterocycles. The standard InChI is InChI=1S/C21H24BrNO3/c1-26-18(24)16-2-3-17-15(7-16)4-5-23(17)19(25)20-8-13-6-14(9-20)11-21(22,10-13)12-20/h2-3,7,13-14H,4-6,8-12H2,1H3. The maximum Gasteiger partial charge on any atom is 0.337 e. The third kappa shape index (κ3) is 2.39. The number of hydrogen-bond donors (Lipinski definition) is 0. The molecule has 5 heteroatoms. The molecule has 5 aliphatic rings. The van der Waals surface area contributed by atoms with Gasteiger partial charge in [-0.2, -0.15) is 0 Å². The molecule has 26 heavy (non-hydrogen) atoms. The summed E-state index contributed by atoms with van der Waals surface area (Å²) >= 11 is 4.01. The Morgan fingerprint density at radius 2 is 1.92 bits per heavy atom. The number of rotatable bonds is 2. The van der Waals surface area contributed by atoms with Gasteiger partial charge < -0.3 is 9.64 Å². The summed E-state index contributed by atoms with van der Waals surface area (Å²) in [6.45, 7) is 0.727. The Labute approximate surface area is 162 Å². The van der Waals surface area contributed by atoms with E-state index in [0.29, 0.717) is 23.3 Å². The van der Waals surface area contributed by atoms with Gasteiger partial charge in [0.1, 0.15) is 0 Å². The molecule has 2 atom stereocenters. The average Bonchev–Trinajstić information content (AvgIpc) is 3.01. The van der Waals surface area contributed by atoms with Gasteiger partial charge in [-0.15, -0.1) is 0 Å². The molecule has 4 aliphatic carbocycles. The third-order valence-electron chi connectivity index (χ3n) is 7.08. The first-order valence-corrected chi connectivity index (χ1v) is 10.4. The smallest absolute Gasteiger partial charge is 0.337 e. The highest BCUT2D eigenvalue weighted by Crippen LogP contribution is 2.65. The number of ether oxygens (including phenoxy) is 1. The van der Waals surface area contributed by atoms with Crippen LogP contribution in [0.4, 0.5) is 5.69 Å². The predicted octanol–water partition coefficient (Wildman–Crippen LogP) is 4.10. The molecule has 4 saturated carbocycles. The van der Waals surface area contributed by atoms with Gasteiger partial charge in [-0.05, 0) is 80.5 Å². The molecule has 1 aromatic carbocycles. The first-order chi connectivity index (χ1) is 12.4. The van der Waals surface area contributed by atoms with Crippen LogP contribution in [-0.2, 0) is 16.0 Å². The normalized spacial score (nSPS) is 36.9. The number of methoxy groups -OCH3 is 1. The first-order valence-electron chi connectivity index (χ1n) is 9.64. The van der Waals surface area contributed by atoms with Gasteiger partial charge in [0.05, 0.1) is 18.1 Å². The highest BCUT2D eigenvalue weighted by atomic mass is 79.9. The summed E-state index contributed by atoms with van der Waals surface area (Å²) in [4.78, 5) is 27.5. The summed E-state index contributed by atoms with van der Waals surface area (Å²) in [7, 11) is 1.40. The van der Waals surface area contributed by atoms with E-state index in [-0.39, 0.29) is 15.7 Å². The lowest BCUT2D eigenvalue weighted by Gasteiger charge is -2.60. The van der Waals surface area contributed by atoms with Crippen molar-refractivity contribution in [3.05, 3.63) is 29.3 Å². The maximum absolute atomic E-state index is 13.7. The van der Waals surface area contributed by atoms with E-state index >= 15 is 0 Å². The quantitative estimate of drug-likeness (QED) is 0.537. The van der Waals surface area contributed by atoms with Crippen molar-refractivity contribution in [3.8, 4) is 0 Å². The molecule has 1 aromatic rings. The lowest BCUT2D eigenvalue weighted by Crippen LogP contribution is -2.58. The van der Waals surface area contributed by atoms with E-state index in [9.17, 15) is 9.59 Å². The number of benzene rings is 1. The zero-order valence-electron chi connectivity index (χ0n) is 15.1. The summed E-state index contributed by atoms with van der Waals surface area (Å²) in [5.74, 6) is 1.39. The molecular formula is C21H24BrNO3. The largest absolute Gasteiger partial charge is 0.465 e. The highest BCUT2D eigenvalue weighted by Gasteiger charge is 2.60. The number of hydrogen-bond acceptors (Lipinski definition) is 3. The second kappa shape index (κ2) is 5.57. The van der Waals surface area contributed by atoms with Crippen LogP contribution in [0.25, 0.3) is 0 Å². The van der Waals surface area contributed by atoms with Crippen LogP contribution in [0.1, 0.15) is 54.4 Å².